The zero-order valence-electron chi connectivity index (χ0n) is 18.3. The SMILES string of the molecule is CN1CCCC1CN(C(=O)Nc1cc(Cl)cc(Cl)c1)c1ccc(-c2cccc(C#N)c2)cc1. The van der Waals surface area contributed by atoms with Crippen molar-refractivity contribution in [1.29, 1.82) is 5.26 Å². The number of hydrogen-bond donors (Lipinski definition) is 1. The lowest BCUT2D eigenvalue weighted by Gasteiger charge is -2.29. The number of anilines is 2. The second kappa shape index (κ2) is 10.3. The summed E-state index contributed by atoms with van der Waals surface area (Å²) in [6.45, 7) is 1.60. The van der Waals surface area contributed by atoms with Crippen molar-refractivity contribution in [3.05, 3.63) is 82.3 Å². The number of halogens is 2. The fourth-order valence-electron chi connectivity index (χ4n) is 4.15. The largest absolute Gasteiger partial charge is 0.326 e. The molecule has 1 heterocycles. The minimum Gasteiger partial charge on any atom is -0.307 e. The van der Waals surface area contributed by atoms with Gasteiger partial charge in [0.25, 0.3) is 0 Å². The molecule has 0 radical (unpaired) electrons. The van der Waals surface area contributed by atoms with Crippen LogP contribution in [0.15, 0.2) is 66.7 Å². The number of likely N-dealkylation sites (N-methyl/N-ethyl adjacent to an activating group) is 1. The summed E-state index contributed by atoms with van der Waals surface area (Å²) in [6.07, 6.45) is 2.16. The number of nitrogens with one attached hydrogen (secondary N) is 1. The molecule has 1 aliphatic heterocycles. The smallest absolute Gasteiger partial charge is 0.307 e. The number of carbonyl (C=O) groups is 1. The van der Waals surface area contributed by atoms with E-state index in [1.54, 1.807) is 29.2 Å². The van der Waals surface area contributed by atoms with Gasteiger partial charge in [-0.1, -0.05) is 47.5 Å². The van der Waals surface area contributed by atoms with Crippen LogP contribution in [0.5, 0.6) is 0 Å². The van der Waals surface area contributed by atoms with Crippen molar-refractivity contribution in [2.24, 2.45) is 0 Å². The van der Waals surface area contributed by atoms with E-state index in [1.807, 2.05) is 42.5 Å². The highest BCUT2D eigenvalue weighted by Gasteiger charge is 2.27. The van der Waals surface area contributed by atoms with Gasteiger partial charge in [-0.2, -0.15) is 5.26 Å². The van der Waals surface area contributed by atoms with Crippen LogP contribution >= 0.6 is 23.2 Å². The van der Waals surface area contributed by atoms with Crippen LogP contribution in [0, 0.1) is 11.3 Å². The van der Waals surface area contributed by atoms with Crippen molar-refractivity contribution in [3.63, 3.8) is 0 Å². The Bertz CT molecular complexity index is 1170. The molecule has 1 saturated heterocycles. The summed E-state index contributed by atoms with van der Waals surface area (Å²) in [6, 6.07) is 22.5. The first kappa shape index (κ1) is 23.1. The first-order chi connectivity index (χ1) is 15.9. The Balaban J connectivity index is 1.61. The lowest BCUT2D eigenvalue weighted by molar-refractivity contribution is 0.252. The van der Waals surface area contributed by atoms with E-state index in [2.05, 4.69) is 23.3 Å². The van der Waals surface area contributed by atoms with Crippen molar-refractivity contribution < 1.29 is 4.79 Å². The summed E-state index contributed by atoms with van der Waals surface area (Å²) < 4.78 is 0. The van der Waals surface area contributed by atoms with E-state index in [0.29, 0.717) is 27.8 Å². The molecule has 0 bridgehead atoms. The molecule has 168 valence electrons. The number of urea groups is 1. The van der Waals surface area contributed by atoms with Crippen LogP contribution < -0.4 is 10.2 Å². The standard InChI is InChI=1S/C26H24Cl2N4O/c1-31-11-3-6-25(31)17-32(26(33)30-23-14-21(27)13-22(28)15-23)24-9-7-19(8-10-24)20-5-2-4-18(12-20)16-29/h2,4-5,7-10,12-15,25H,3,6,11,17H2,1H3,(H,30,33). The molecule has 0 saturated carbocycles. The van der Waals surface area contributed by atoms with E-state index in [-0.39, 0.29) is 12.1 Å². The highest BCUT2D eigenvalue weighted by molar-refractivity contribution is 6.35. The molecule has 0 spiro atoms. The van der Waals surface area contributed by atoms with Crippen LogP contribution in [-0.4, -0.2) is 37.1 Å². The van der Waals surface area contributed by atoms with Crippen LogP contribution in [0.2, 0.25) is 10.0 Å². The molecular weight excluding hydrogens is 455 g/mol. The number of likely N-dealkylation sites (tertiary alicyclic amines) is 1. The maximum atomic E-state index is 13.3. The molecule has 2 amide bonds. The van der Waals surface area contributed by atoms with Crippen LogP contribution in [0.4, 0.5) is 16.2 Å². The molecule has 0 aliphatic carbocycles. The zero-order chi connectivity index (χ0) is 23.4. The maximum absolute atomic E-state index is 13.3. The molecule has 7 heteroatoms. The normalized spacial score (nSPS) is 15.8. The Labute approximate surface area is 204 Å². The molecule has 33 heavy (non-hydrogen) atoms. The number of nitriles is 1. The Kier molecular flexibility index (Phi) is 7.20. The number of nitrogens with zero attached hydrogens (tertiary/aromatic N) is 3. The van der Waals surface area contributed by atoms with E-state index in [1.165, 1.54) is 0 Å². The van der Waals surface area contributed by atoms with Crippen molar-refractivity contribution in [2.45, 2.75) is 18.9 Å². The van der Waals surface area contributed by atoms with Crippen LogP contribution in [-0.2, 0) is 0 Å². The molecule has 0 aromatic heterocycles. The van der Waals surface area contributed by atoms with E-state index in [9.17, 15) is 10.1 Å². The van der Waals surface area contributed by atoms with Gasteiger partial charge in [0.2, 0.25) is 0 Å². The van der Waals surface area contributed by atoms with Crippen molar-refractivity contribution in [2.75, 3.05) is 30.4 Å². The fraction of sp³-hybridized carbons (Fsp3) is 0.231. The predicted octanol–water partition coefficient (Wildman–Crippen LogP) is 6.66. The molecule has 1 aliphatic rings. The van der Waals surface area contributed by atoms with Gasteiger partial charge in [-0.05, 0) is 80.0 Å². The van der Waals surface area contributed by atoms with E-state index in [0.717, 1.165) is 36.2 Å². The first-order valence-electron chi connectivity index (χ1n) is 10.8. The summed E-state index contributed by atoms with van der Waals surface area (Å²) in [5.41, 5.74) is 3.90. The van der Waals surface area contributed by atoms with Crippen molar-refractivity contribution >= 4 is 40.6 Å². The third-order valence-corrected chi connectivity index (χ3v) is 6.36. The minimum atomic E-state index is -0.243. The van der Waals surface area contributed by atoms with Gasteiger partial charge in [0.05, 0.1) is 11.6 Å². The molecule has 3 aromatic rings. The number of benzene rings is 3. The number of rotatable bonds is 5. The van der Waals surface area contributed by atoms with Crippen molar-refractivity contribution in [1.82, 2.24) is 4.90 Å². The quantitative estimate of drug-likeness (QED) is 0.445. The molecular formula is C26H24Cl2N4O. The average Bonchev–Trinajstić information content (AvgIpc) is 3.21. The molecule has 1 N–H and O–H groups in total. The minimum absolute atomic E-state index is 0.243. The second-order valence-corrected chi connectivity index (χ2v) is 9.09. The summed E-state index contributed by atoms with van der Waals surface area (Å²) in [5, 5.41) is 13.0. The van der Waals surface area contributed by atoms with Gasteiger partial charge in [-0.15, -0.1) is 0 Å². The molecule has 4 rings (SSSR count). The summed E-state index contributed by atoms with van der Waals surface area (Å²) in [4.78, 5) is 17.4. The fourth-order valence-corrected chi connectivity index (χ4v) is 4.67. The van der Waals surface area contributed by atoms with Gasteiger partial charge in [0.15, 0.2) is 0 Å². The van der Waals surface area contributed by atoms with E-state index in [4.69, 9.17) is 23.2 Å². The number of hydrogen-bond acceptors (Lipinski definition) is 3. The Hall–Kier alpha value is -3.04. The van der Waals surface area contributed by atoms with Gasteiger partial charge in [0, 0.05) is 34.0 Å². The van der Waals surface area contributed by atoms with E-state index >= 15 is 0 Å². The van der Waals surface area contributed by atoms with Crippen molar-refractivity contribution in [3.8, 4) is 17.2 Å². The van der Waals surface area contributed by atoms with Gasteiger partial charge in [-0.25, -0.2) is 4.79 Å². The third-order valence-electron chi connectivity index (χ3n) is 5.93. The highest BCUT2D eigenvalue weighted by atomic mass is 35.5. The first-order valence-corrected chi connectivity index (χ1v) is 11.5. The Morgan fingerprint density at radius 2 is 1.82 bits per heavy atom. The third kappa shape index (κ3) is 5.66. The molecule has 5 nitrogen and oxygen atoms in total. The van der Waals surface area contributed by atoms with Gasteiger partial charge in [0.1, 0.15) is 0 Å². The highest BCUT2D eigenvalue weighted by Crippen LogP contribution is 2.27. The topological polar surface area (TPSA) is 59.4 Å². The lowest BCUT2D eigenvalue weighted by Crippen LogP contribution is -2.44. The monoisotopic (exact) mass is 478 g/mol. The maximum Gasteiger partial charge on any atom is 0.326 e. The Morgan fingerprint density at radius 1 is 1.09 bits per heavy atom. The van der Waals surface area contributed by atoms with Crippen LogP contribution in [0.25, 0.3) is 11.1 Å². The molecule has 1 fully saturated rings. The number of carbonyl (C=O) groups excluding carboxylic acids is 1. The van der Waals surface area contributed by atoms with Gasteiger partial charge < -0.3 is 10.2 Å². The molecule has 1 atom stereocenters. The molecule has 1 unspecified atom stereocenters. The van der Waals surface area contributed by atoms with Crippen LogP contribution in [0.3, 0.4) is 0 Å². The Morgan fingerprint density at radius 3 is 2.45 bits per heavy atom. The second-order valence-electron chi connectivity index (χ2n) is 8.22. The predicted molar refractivity (Wildman–Crippen MR) is 135 cm³/mol. The number of amides is 2. The molecule has 3 aromatic carbocycles. The van der Waals surface area contributed by atoms with E-state index < -0.39 is 0 Å². The zero-order valence-corrected chi connectivity index (χ0v) is 19.8. The van der Waals surface area contributed by atoms with Gasteiger partial charge >= 0.3 is 6.03 Å². The van der Waals surface area contributed by atoms with Gasteiger partial charge in [-0.3, -0.25) is 4.90 Å². The lowest BCUT2D eigenvalue weighted by atomic mass is 10.0. The summed E-state index contributed by atoms with van der Waals surface area (Å²) >= 11 is 12.2. The summed E-state index contributed by atoms with van der Waals surface area (Å²) in [7, 11) is 2.09. The van der Waals surface area contributed by atoms with Crippen LogP contribution in [0.1, 0.15) is 18.4 Å². The average molecular weight is 479 g/mol. The summed E-state index contributed by atoms with van der Waals surface area (Å²) in [5.74, 6) is 0.